The summed E-state index contributed by atoms with van der Waals surface area (Å²) in [4.78, 5) is 38.6. The lowest BCUT2D eigenvalue weighted by atomic mass is 10.0. The summed E-state index contributed by atoms with van der Waals surface area (Å²) in [5.41, 5.74) is 9.12. The number of benzene rings is 1. The average molecular weight is 488 g/mol. The highest BCUT2D eigenvalue weighted by Gasteiger charge is 2.25. The molecule has 1 amide bonds. The zero-order chi connectivity index (χ0) is 25.9. The van der Waals surface area contributed by atoms with Gasteiger partial charge in [0.05, 0.1) is 5.56 Å². The van der Waals surface area contributed by atoms with Crippen LogP contribution >= 0.6 is 0 Å². The molecular weight excluding hydrogens is 454 g/mol. The third kappa shape index (κ3) is 6.00. The molecular formula is C28H33N5O3. The van der Waals surface area contributed by atoms with Gasteiger partial charge in [-0.3, -0.25) is 4.79 Å². The van der Waals surface area contributed by atoms with Gasteiger partial charge in [0.25, 0.3) is 0 Å². The van der Waals surface area contributed by atoms with Crippen LogP contribution in [-0.4, -0.2) is 58.5 Å². The van der Waals surface area contributed by atoms with E-state index in [1.807, 2.05) is 64.1 Å². The highest BCUT2D eigenvalue weighted by Crippen LogP contribution is 2.25. The van der Waals surface area contributed by atoms with E-state index in [0.717, 1.165) is 29.7 Å². The number of nitrogens with zero attached hydrogens (tertiary/aromatic N) is 4. The molecule has 0 bridgehead atoms. The molecule has 3 aromatic rings. The predicted molar refractivity (Wildman–Crippen MR) is 141 cm³/mol. The van der Waals surface area contributed by atoms with Crippen LogP contribution in [0.2, 0.25) is 0 Å². The van der Waals surface area contributed by atoms with Crippen molar-refractivity contribution in [1.29, 1.82) is 0 Å². The Kier molecular flexibility index (Phi) is 7.24. The molecule has 2 aromatic heterocycles. The SMILES string of the molecule is Cc1ccc(-c2cnc(N)c(C(=O)c3cccc(N4CCCN(C(=O)OC(C)(C)C)CC4)n3)c2)cc1. The Morgan fingerprint density at radius 3 is 2.44 bits per heavy atom. The number of anilines is 2. The maximum atomic E-state index is 13.4. The van der Waals surface area contributed by atoms with Crippen molar-refractivity contribution in [2.75, 3.05) is 36.8 Å². The summed E-state index contributed by atoms with van der Waals surface area (Å²) in [6, 6.07) is 15.2. The normalized spacial score (nSPS) is 14.3. The van der Waals surface area contributed by atoms with Crippen LogP contribution in [0.25, 0.3) is 11.1 Å². The van der Waals surface area contributed by atoms with Crippen molar-refractivity contribution in [3.05, 3.63) is 71.5 Å². The second-order valence-electron chi connectivity index (χ2n) is 10.0. The molecule has 0 radical (unpaired) electrons. The Morgan fingerprint density at radius 1 is 0.972 bits per heavy atom. The first-order valence-electron chi connectivity index (χ1n) is 12.2. The van der Waals surface area contributed by atoms with E-state index in [0.29, 0.717) is 36.7 Å². The standard InChI is InChI=1S/C28H33N5O3/c1-19-9-11-20(12-10-19)21-17-22(26(29)30-18-21)25(34)23-7-5-8-24(31-23)32-13-6-14-33(16-15-32)27(35)36-28(2,3)4/h5,7-12,17-18H,6,13-16H2,1-4H3,(H2,29,30). The van der Waals surface area contributed by atoms with Gasteiger partial charge in [-0.15, -0.1) is 0 Å². The molecule has 0 saturated carbocycles. The van der Waals surface area contributed by atoms with Crippen LogP contribution in [0.4, 0.5) is 16.4 Å². The van der Waals surface area contributed by atoms with Gasteiger partial charge >= 0.3 is 6.09 Å². The van der Waals surface area contributed by atoms with Gasteiger partial charge in [-0.25, -0.2) is 14.8 Å². The van der Waals surface area contributed by atoms with E-state index in [-0.39, 0.29) is 17.7 Å². The molecule has 1 aromatic carbocycles. The minimum absolute atomic E-state index is 0.172. The van der Waals surface area contributed by atoms with Crippen molar-refractivity contribution < 1.29 is 14.3 Å². The lowest BCUT2D eigenvalue weighted by Gasteiger charge is -2.26. The lowest BCUT2D eigenvalue weighted by molar-refractivity contribution is 0.0263. The van der Waals surface area contributed by atoms with Gasteiger partial charge in [0.2, 0.25) is 5.78 Å². The molecule has 0 spiro atoms. The van der Waals surface area contributed by atoms with Crippen LogP contribution in [-0.2, 0) is 4.74 Å². The van der Waals surface area contributed by atoms with Crippen LogP contribution in [0.5, 0.6) is 0 Å². The number of carbonyl (C=O) groups excluding carboxylic acids is 2. The number of pyridine rings is 2. The van der Waals surface area contributed by atoms with Gasteiger partial charge in [-0.05, 0) is 57.9 Å². The van der Waals surface area contributed by atoms with Crippen molar-refractivity contribution in [1.82, 2.24) is 14.9 Å². The molecule has 1 saturated heterocycles. The number of ether oxygens (including phenoxy) is 1. The second kappa shape index (κ2) is 10.4. The molecule has 1 aliphatic rings. The smallest absolute Gasteiger partial charge is 0.410 e. The molecule has 8 nitrogen and oxygen atoms in total. The molecule has 1 fully saturated rings. The van der Waals surface area contributed by atoms with Crippen molar-refractivity contribution in [3.63, 3.8) is 0 Å². The molecule has 4 rings (SSSR count). The Labute approximate surface area is 212 Å². The Morgan fingerprint density at radius 2 is 1.72 bits per heavy atom. The topological polar surface area (TPSA) is 102 Å². The highest BCUT2D eigenvalue weighted by atomic mass is 16.6. The van der Waals surface area contributed by atoms with Gasteiger partial charge < -0.3 is 20.3 Å². The average Bonchev–Trinajstić information content (AvgIpc) is 3.10. The van der Waals surface area contributed by atoms with Crippen LogP contribution in [0.3, 0.4) is 0 Å². The molecule has 0 unspecified atom stereocenters. The minimum Gasteiger partial charge on any atom is -0.444 e. The van der Waals surface area contributed by atoms with Gasteiger partial charge in [0.15, 0.2) is 0 Å². The minimum atomic E-state index is -0.535. The van der Waals surface area contributed by atoms with Gasteiger partial charge in [0.1, 0.15) is 22.9 Å². The summed E-state index contributed by atoms with van der Waals surface area (Å²) in [5, 5.41) is 0. The van der Waals surface area contributed by atoms with E-state index in [2.05, 4.69) is 14.9 Å². The number of rotatable bonds is 4. The van der Waals surface area contributed by atoms with Crippen LogP contribution < -0.4 is 10.6 Å². The zero-order valence-corrected chi connectivity index (χ0v) is 21.3. The molecule has 3 heterocycles. The van der Waals surface area contributed by atoms with E-state index >= 15 is 0 Å². The summed E-state index contributed by atoms with van der Waals surface area (Å²) in [6.07, 6.45) is 2.14. The summed E-state index contributed by atoms with van der Waals surface area (Å²) in [6.45, 7) is 10.0. The molecule has 188 valence electrons. The highest BCUT2D eigenvalue weighted by molar-refractivity contribution is 6.11. The lowest BCUT2D eigenvalue weighted by Crippen LogP contribution is -2.39. The predicted octanol–water partition coefficient (Wildman–Crippen LogP) is 4.71. The quantitative estimate of drug-likeness (QED) is 0.532. The Bertz CT molecular complexity index is 1250. The van der Waals surface area contributed by atoms with Gasteiger partial charge in [-0.1, -0.05) is 35.9 Å². The van der Waals surface area contributed by atoms with E-state index in [9.17, 15) is 9.59 Å². The maximum absolute atomic E-state index is 13.4. The van der Waals surface area contributed by atoms with Crippen molar-refractivity contribution in [2.45, 2.75) is 39.7 Å². The third-order valence-electron chi connectivity index (χ3n) is 5.99. The first-order chi connectivity index (χ1) is 17.1. The van der Waals surface area contributed by atoms with Gasteiger partial charge in [0, 0.05) is 37.9 Å². The number of amides is 1. The number of hydrogen-bond donors (Lipinski definition) is 1. The summed E-state index contributed by atoms with van der Waals surface area (Å²) in [5.74, 6) is 0.583. The summed E-state index contributed by atoms with van der Waals surface area (Å²) < 4.78 is 5.52. The number of carbonyl (C=O) groups is 2. The number of aromatic nitrogens is 2. The Balaban J connectivity index is 1.52. The number of nitrogens with two attached hydrogens (primary N) is 1. The van der Waals surface area contributed by atoms with E-state index in [1.54, 1.807) is 23.2 Å². The number of nitrogen functional groups attached to an aromatic ring is 1. The zero-order valence-electron chi connectivity index (χ0n) is 21.3. The van der Waals surface area contributed by atoms with E-state index in [1.165, 1.54) is 0 Å². The van der Waals surface area contributed by atoms with Crippen LogP contribution in [0, 0.1) is 6.92 Å². The molecule has 8 heteroatoms. The fourth-order valence-corrected chi connectivity index (χ4v) is 4.08. The van der Waals surface area contributed by atoms with E-state index < -0.39 is 5.60 Å². The first kappa shape index (κ1) is 25.2. The summed E-state index contributed by atoms with van der Waals surface area (Å²) >= 11 is 0. The van der Waals surface area contributed by atoms with E-state index in [4.69, 9.17) is 10.5 Å². The largest absolute Gasteiger partial charge is 0.444 e. The van der Waals surface area contributed by atoms with Crippen molar-refractivity contribution in [2.24, 2.45) is 0 Å². The van der Waals surface area contributed by atoms with Crippen molar-refractivity contribution >= 4 is 23.5 Å². The number of hydrogen-bond acceptors (Lipinski definition) is 7. The van der Waals surface area contributed by atoms with Crippen LogP contribution in [0.15, 0.2) is 54.7 Å². The fourth-order valence-electron chi connectivity index (χ4n) is 4.08. The number of ketones is 1. The molecule has 36 heavy (non-hydrogen) atoms. The third-order valence-corrected chi connectivity index (χ3v) is 5.99. The molecule has 2 N–H and O–H groups in total. The molecule has 0 aliphatic carbocycles. The van der Waals surface area contributed by atoms with Gasteiger partial charge in [-0.2, -0.15) is 0 Å². The summed E-state index contributed by atoms with van der Waals surface area (Å²) in [7, 11) is 0. The Hall–Kier alpha value is -3.94. The molecule has 1 aliphatic heterocycles. The maximum Gasteiger partial charge on any atom is 0.410 e. The molecule has 0 atom stereocenters. The number of aryl methyl sites for hydroxylation is 1. The fraction of sp³-hybridized carbons (Fsp3) is 0.357. The van der Waals surface area contributed by atoms with Crippen LogP contribution in [0.1, 0.15) is 48.8 Å². The first-order valence-corrected chi connectivity index (χ1v) is 12.2. The second-order valence-corrected chi connectivity index (χ2v) is 10.0. The van der Waals surface area contributed by atoms with Crippen molar-refractivity contribution in [3.8, 4) is 11.1 Å². The monoisotopic (exact) mass is 487 g/mol.